The molecule has 5 nitrogen and oxygen atoms in total. The Balaban J connectivity index is 1.60. The van der Waals surface area contributed by atoms with Gasteiger partial charge in [0.15, 0.2) is 0 Å². The third-order valence-electron chi connectivity index (χ3n) is 6.34. The Morgan fingerprint density at radius 2 is 1.97 bits per heavy atom. The quantitative estimate of drug-likeness (QED) is 0.207. The molecular formula is C27H27N3O2S2. The van der Waals surface area contributed by atoms with E-state index in [0.29, 0.717) is 26.9 Å². The number of aliphatic imine (C=N–C) groups is 1. The number of rotatable bonds is 5. The number of hydrogen-bond acceptors (Lipinski definition) is 6. The molecule has 34 heavy (non-hydrogen) atoms. The van der Waals surface area contributed by atoms with Crippen LogP contribution in [0.2, 0.25) is 0 Å². The number of benzene rings is 2. The van der Waals surface area contributed by atoms with Crippen molar-refractivity contribution in [3.8, 4) is 6.07 Å². The average molecular weight is 490 g/mol. The SMILES string of the molecule is Cc1ccc(Sc2ccc(C=Nc3sc4c(c3C#N)CCC(C(C)(C)C)C4)cc2[N+](=O)[O-])cc1. The Morgan fingerprint density at radius 3 is 2.62 bits per heavy atom. The predicted molar refractivity (Wildman–Crippen MR) is 140 cm³/mol. The van der Waals surface area contributed by atoms with Gasteiger partial charge in [0.25, 0.3) is 5.69 Å². The maximum absolute atomic E-state index is 11.7. The molecule has 0 fully saturated rings. The third-order valence-corrected chi connectivity index (χ3v) is 8.58. The van der Waals surface area contributed by atoms with Crippen LogP contribution in [0.5, 0.6) is 0 Å². The predicted octanol–water partition coefficient (Wildman–Crippen LogP) is 7.89. The van der Waals surface area contributed by atoms with Gasteiger partial charge in [0.1, 0.15) is 11.1 Å². The molecular weight excluding hydrogens is 462 g/mol. The van der Waals surface area contributed by atoms with Crippen molar-refractivity contribution in [1.82, 2.24) is 0 Å². The van der Waals surface area contributed by atoms with Gasteiger partial charge in [-0.3, -0.25) is 10.1 Å². The molecule has 1 unspecified atom stereocenters. The van der Waals surface area contributed by atoms with Gasteiger partial charge in [-0.2, -0.15) is 5.26 Å². The van der Waals surface area contributed by atoms with Crippen molar-refractivity contribution in [3.05, 3.63) is 79.7 Å². The molecule has 1 atom stereocenters. The summed E-state index contributed by atoms with van der Waals surface area (Å²) in [5.41, 5.74) is 3.86. The Bertz CT molecular complexity index is 1300. The molecule has 0 bridgehead atoms. The average Bonchev–Trinajstić information content (AvgIpc) is 3.15. The van der Waals surface area contributed by atoms with Crippen molar-refractivity contribution in [2.45, 2.75) is 56.7 Å². The van der Waals surface area contributed by atoms with E-state index in [1.165, 1.54) is 16.6 Å². The minimum atomic E-state index is -0.356. The highest BCUT2D eigenvalue weighted by Gasteiger charge is 2.32. The maximum Gasteiger partial charge on any atom is 0.283 e. The van der Waals surface area contributed by atoms with Crippen LogP contribution in [-0.2, 0) is 12.8 Å². The van der Waals surface area contributed by atoms with Crippen LogP contribution in [0.3, 0.4) is 0 Å². The first-order valence-electron chi connectivity index (χ1n) is 11.3. The number of hydrogen-bond donors (Lipinski definition) is 0. The molecule has 0 amide bonds. The molecule has 0 aliphatic heterocycles. The van der Waals surface area contributed by atoms with E-state index in [1.807, 2.05) is 37.3 Å². The van der Waals surface area contributed by atoms with Gasteiger partial charge in [0.05, 0.1) is 15.4 Å². The van der Waals surface area contributed by atoms with Crippen LogP contribution in [0.25, 0.3) is 0 Å². The fourth-order valence-electron chi connectivity index (χ4n) is 4.23. The standard InChI is InChI=1S/C27H27N3O2S2/c1-17-5-9-20(10-6-17)33-24-12-7-18(13-23(24)30(31)32)16-29-26-22(15-28)21-11-8-19(27(2,3)4)14-25(21)34-26/h5-7,9-10,12-13,16,19H,8,11,14H2,1-4H3. The molecule has 0 saturated heterocycles. The first-order chi connectivity index (χ1) is 16.2. The number of thiophene rings is 1. The van der Waals surface area contributed by atoms with Crippen molar-refractivity contribution in [2.75, 3.05) is 0 Å². The van der Waals surface area contributed by atoms with Crippen molar-refractivity contribution in [2.24, 2.45) is 16.3 Å². The molecule has 1 aromatic heterocycles. The number of nitro groups is 1. The monoisotopic (exact) mass is 489 g/mol. The molecule has 7 heteroatoms. The summed E-state index contributed by atoms with van der Waals surface area (Å²) in [5, 5.41) is 22.2. The van der Waals surface area contributed by atoms with Crippen LogP contribution in [0.15, 0.2) is 57.2 Å². The Labute approximate surface area is 208 Å². The summed E-state index contributed by atoms with van der Waals surface area (Å²) in [6.45, 7) is 8.83. The third kappa shape index (κ3) is 5.24. The lowest BCUT2D eigenvalue weighted by Crippen LogP contribution is -2.26. The second kappa shape index (κ2) is 9.73. The van der Waals surface area contributed by atoms with Crippen LogP contribution in [-0.4, -0.2) is 11.1 Å². The van der Waals surface area contributed by atoms with Crippen LogP contribution < -0.4 is 0 Å². The van der Waals surface area contributed by atoms with Crippen LogP contribution in [0, 0.1) is 39.7 Å². The van der Waals surface area contributed by atoms with E-state index in [9.17, 15) is 15.4 Å². The summed E-state index contributed by atoms with van der Waals surface area (Å²) in [6.07, 6.45) is 4.59. The van der Waals surface area contributed by atoms with E-state index in [1.54, 1.807) is 29.7 Å². The van der Waals surface area contributed by atoms with Gasteiger partial charge in [0.2, 0.25) is 0 Å². The summed E-state index contributed by atoms with van der Waals surface area (Å²) in [4.78, 5) is 18.8. The number of nitriles is 1. The number of aryl methyl sites for hydroxylation is 1. The summed E-state index contributed by atoms with van der Waals surface area (Å²) in [5.74, 6) is 0.586. The zero-order chi connectivity index (χ0) is 24.5. The first-order valence-corrected chi connectivity index (χ1v) is 12.9. The van der Waals surface area contributed by atoms with Gasteiger partial charge < -0.3 is 0 Å². The van der Waals surface area contributed by atoms with Crippen LogP contribution in [0.4, 0.5) is 10.7 Å². The highest BCUT2D eigenvalue weighted by molar-refractivity contribution is 7.99. The van der Waals surface area contributed by atoms with Crippen molar-refractivity contribution in [1.29, 1.82) is 5.26 Å². The lowest BCUT2D eigenvalue weighted by molar-refractivity contribution is -0.387. The molecule has 1 aliphatic carbocycles. The summed E-state index contributed by atoms with van der Waals surface area (Å²) in [6, 6.07) is 15.4. The van der Waals surface area contributed by atoms with E-state index >= 15 is 0 Å². The molecule has 3 aromatic rings. The number of nitro benzene ring substituents is 1. The van der Waals surface area contributed by atoms with E-state index in [0.717, 1.165) is 35.3 Å². The fraction of sp³-hybridized carbons (Fsp3) is 0.333. The minimum absolute atomic E-state index is 0.0496. The second-order valence-electron chi connectivity index (χ2n) is 9.76. The van der Waals surface area contributed by atoms with Gasteiger partial charge in [0, 0.05) is 22.1 Å². The normalized spacial score (nSPS) is 15.8. The van der Waals surface area contributed by atoms with Gasteiger partial charge in [-0.25, -0.2) is 4.99 Å². The van der Waals surface area contributed by atoms with E-state index < -0.39 is 0 Å². The molecule has 0 spiro atoms. The highest BCUT2D eigenvalue weighted by Crippen LogP contribution is 2.45. The lowest BCUT2D eigenvalue weighted by atomic mass is 9.72. The van der Waals surface area contributed by atoms with Crippen LogP contribution in [0.1, 0.15) is 54.3 Å². The minimum Gasteiger partial charge on any atom is -0.258 e. The van der Waals surface area contributed by atoms with Gasteiger partial charge in [-0.05, 0) is 66.8 Å². The summed E-state index contributed by atoms with van der Waals surface area (Å²) >= 11 is 2.96. The van der Waals surface area contributed by atoms with Crippen LogP contribution >= 0.6 is 23.1 Å². The number of nitrogens with zero attached hydrogens (tertiary/aromatic N) is 3. The van der Waals surface area contributed by atoms with Crippen molar-refractivity contribution < 1.29 is 4.92 Å². The Hall–Kier alpha value is -2.95. The van der Waals surface area contributed by atoms with Gasteiger partial charge >= 0.3 is 0 Å². The molecule has 1 aliphatic rings. The molecule has 0 radical (unpaired) electrons. The maximum atomic E-state index is 11.7. The van der Waals surface area contributed by atoms with Gasteiger partial charge in [-0.1, -0.05) is 56.3 Å². The van der Waals surface area contributed by atoms with Crippen molar-refractivity contribution in [3.63, 3.8) is 0 Å². The topological polar surface area (TPSA) is 79.3 Å². The van der Waals surface area contributed by atoms with Crippen molar-refractivity contribution >= 4 is 40.0 Å². The van der Waals surface area contributed by atoms with Gasteiger partial charge in [-0.15, -0.1) is 11.3 Å². The smallest absolute Gasteiger partial charge is 0.258 e. The fourth-order valence-corrected chi connectivity index (χ4v) is 6.35. The molecule has 0 saturated carbocycles. The molecule has 0 N–H and O–H groups in total. The van der Waals surface area contributed by atoms with E-state index in [-0.39, 0.29) is 16.0 Å². The zero-order valence-electron chi connectivity index (χ0n) is 19.8. The molecule has 174 valence electrons. The first kappa shape index (κ1) is 24.2. The Kier molecular flexibility index (Phi) is 6.92. The molecule has 4 rings (SSSR count). The zero-order valence-corrected chi connectivity index (χ0v) is 21.4. The summed E-state index contributed by atoms with van der Waals surface area (Å²) < 4.78 is 0. The second-order valence-corrected chi connectivity index (χ2v) is 12.0. The van der Waals surface area contributed by atoms with E-state index in [4.69, 9.17) is 0 Å². The summed E-state index contributed by atoms with van der Waals surface area (Å²) in [7, 11) is 0. The number of fused-ring (bicyclic) bond motifs is 1. The molecule has 1 heterocycles. The largest absolute Gasteiger partial charge is 0.283 e. The molecule has 2 aromatic carbocycles. The lowest BCUT2D eigenvalue weighted by Gasteiger charge is -2.33. The Morgan fingerprint density at radius 1 is 1.24 bits per heavy atom. The van der Waals surface area contributed by atoms with E-state index in [2.05, 4.69) is 31.8 Å². The highest BCUT2D eigenvalue weighted by atomic mass is 32.2.